The lowest BCUT2D eigenvalue weighted by Crippen LogP contribution is -2.55. The molecule has 8 nitrogen and oxygen atoms in total. The minimum atomic E-state index is -1.04. The van der Waals surface area contributed by atoms with E-state index in [0.29, 0.717) is 38.0 Å². The van der Waals surface area contributed by atoms with E-state index >= 15 is 0 Å². The van der Waals surface area contributed by atoms with Gasteiger partial charge in [-0.3, -0.25) is 9.59 Å². The van der Waals surface area contributed by atoms with E-state index in [2.05, 4.69) is 11.4 Å². The second-order valence-electron chi connectivity index (χ2n) is 9.68. The van der Waals surface area contributed by atoms with Crippen molar-refractivity contribution < 1.29 is 24.2 Å². The summed E-state index contributed by atoms with van der Waals surface area (Å²) in [6, 6.07) is 5.41. The van der Waals surface area contributed by atoms with Crippen LogP contribution in [0.4, 0.5) is 4.79 Å². The fraction of sp³-hybridized carbons (Fsp3) is 0.542. The van der Waals surface area contributed by atoms with Gasteiger partial charge in [-0.15, -0.1) is 0 Å². The first-order chi connectivity index (χ1) is 15.1. The summed E-state index contributed by atoms with van der Waals surface area (Å²) in [7, 11) is 0. The highest BCUT2D eigenvalue weighted by Gasteiger charge is 2.39. The number of allylic oxidation sites excluding steroid dienone is 1. The smallest absolute Gasteiger partial charge is 0.410 e. The zero-order chi connectivity index (χ0) is 23.0. The molecular formula is C24H31N3O5. The second kappa shape index (κ2) is 8.58. The molecule has 0 aromatic heterocycles. The van der Waals surface area contributed by atoms with Crippen LogP contribution in [0.2, 0.25) is 0 Å². The number of fused-ring (bicyclic) bond motifs is 1. The predicted octanol–water partition coefficient (Wildman–Crippen LogP) is 2.65. The van der Waals surface area contributed by atoms with Crippen molar-refractivity contribution >= 4 is 23.5 Å². The zero-order valence-corrected chi connectivity index (χ0v) is 18.9. The molecule has 3 heterocycles. The minimum absolute atomic E-state index is 0.113. The Bertz CT molecular complexity index is 965. The molecule has 0 saturated carbocycles. The molecule has 0 radical (unpaired) electrons. The van der Waals surface area contributed by atoms with Gasteiger partial charge in [-0.25, -0.2) is 4.79 Å². The van der Waals surface area contributed by atoms with Crippen LogP contribution in [-0.4, -0.2) is 63.8 Å². The van der Waals surface area contributed by atoms with E-state index in [0.717, 1.165) is 29.5 Å². The molecule has 2 unspecified atom stereocenters. The number of rotatable bonds is 2. The third-order valence-corrected chi connectivity index (χ3v) is 6.13. The van der Waals surface area contributed by atoms with E-state index in [1.165, 1.54) is 0 Å². The van der Waals surface area contributed by atoms with Gasteiger partial charge in [-0.1, -0.05) is 12.1 Å². The summed E-state index contributed by atoms with van der Waals surface area (Å²) < 4.78 is 5.50. The van der Waals surface area contributed by atoms with Crippen LogP contribution in [0.1, 0.15) is 67.9 Å². The molecule has 0 bridgehead atoms. The van der Waals surface area contributed by atoms with E-state index < -0.39 is 17.9 Å². The highest BCUT2D eigenvalue weighted by Crippen LogP contribution is 2.32. The molecule has 1 aromatic carbocycles. The number of hydrogen-bond acceptors (Lipinski definition) is 5. The molecule has 1 saturated heterocycles. The van der Waals surface area contributed by atoms with Gasteiger partial charge in [0, 0.05) is 31.6 Å². The first-order valence-electron chi connectivity index (χ1n) is 11.2. The van der Waals surface area contributed by atoms with Crippen molar-refractivity contribution in [1.29, 1.82) is 0 Å². The molecule has 2 N–H and O–H groups in total. The number of aliphatic hydroxyl groups excluding tert-OH is 1. The summed E-state index contributed by atoms with van der Waals surface area (Å²) in [5.74, 6) is -0.307. The van der Waals surface area contributed by atoms with Crippen LogP contribution in [0.25, 0.3) is 5.57 Å². The lowest BCUT2D eigenvalue weighted by molar-refractivity contribution is -0.129. The molecule has 32 heavy (non-hydrogen) atoms. The fourth-order valence-electron chi connectivity index (χ4n) is 4.54. The Balaban J connectivity index is 1.48. The average Bonchev–Trinajstić information content (AvgIpc) is 2.88. The Hall–Kier alpha value is -2.87. The largest absolute Gasteiger partial charge is 0.444 e. The Morgan fingerprint density at radius 1 is 1.22 bits per heavy atom. The summed E-state index contributed by atoms with van der Waals surface area (Å²) in [5, 5.41) is 12.8. The number of nitrogens with one attached hydrogen (secondary N) is 1. The van der Waals surface area contributed by atoms with Gasteiger partial charge in [-0.05, 0) is 68.9 Å². The number of benzene rings is 1. The topological polar surface area (TPSA) is 99.2 Å². The van der Waals surface area contributed by atoms with Crippen LogP contribution < -0.4 is 5.32 Å². The molecule has 2 atom stereocenters. The first-order valence-corrected chi connectivity index (χ1v) is 11.2. The van der Waals surface area contributed by atoms with Crippen LogP contribution in [0.3, 0.4) is 0 Å². The van der Waals surface area contributed by atoms with Crippen LogP contribution in [0.15, 0.2) is 24.3 Å². The molecule has 3 aliphatic rings. The number of carbonyl (C=O) groups excluding carboxylic acids is 3. The number of piperidine rings is 1. The number of amides is 3. The van der Waals surface area contributed by atoms with Crippen LogP contribution in [0, 0.1) is 0 Å². The number of hydrogen-bond donors (Lipinski definition) is 2. The molecular weight excluding hydrogens is 410 g/mol. The van der Waals surface area contributed by atoms with Crippen molar-refractivity contribution in [3.05, 3.63) is 41.0 Å². The highest BCUT2D eigenvalue weighted by molar-refractivity contribution is 5.99. The van der Waals surface area contributed by atoms with E-state index in [1.807, 2.05) is 39.0 Å². The van der Waals surface area contributed by atoms with Gasteiger partial charge in [0.05, 0.1) is 6.04 Å². The Morgan fingerprint density at radius 3 is 2.72 bits per heavy atom. The van der Waals surface area contributed by atoms with Gasteiger partial charge in [0.15, 0.2) is 0 Å². The molecule has 172 valence electrons. The van der Waals surface area contributed by atoms with Gasteiger partial charge >= 0.3 is 6.09 Å². The van der Waals surface area contributed by atoms with E-state index in [1.54, 1.807) is 9.80 Å². The molecule has 0 spiro atoms. The second-order valence-corrected chi connectivity index (χ2v) is 9.68. The highest BCUT2D eigenvalue weighted by atomic mass is 16.6. The first kappa shape index (κ1) is 22.3. The zero-order valence-electron chi connectivity index (χ0n) is 18.9. The normalized spacial score (nSPS) is 23.9. The summed E-state index contributed by atoms with van der Waals surface area (Å²) in [6.45, 7) is 7.12. The number of carbonyl (C=O) groups is 3. The maximum absolute atomic E-state index is 12.9. The molecule has 4 rings (SSSR count). The summed E-state index contributed by atoms with van der Waals surface area (Å²) >= 11 is 0. The van der Waals surface area contributed by atoms with Crippen molar-refractivity contribution in [2.45, 2.75) is 70.9 Å². The maximum atomic E-state index is 12.9. The SMILES string of the molecule is CC(C)(C)OC(=O)N1CC=C(c2ccc3c(c2)CN(C2CCC(=O)NC2O)C3=O)CCC1. The van der Waals surface area contributed by atoms with Crippen molar-refractivity contribution in [1.82, 2.24) is 15.1 Å². The number of aliphatic hydroxyl groups is 1. The van der Waals surface area contributed by atoms with Crippen molar-refractivity contribution in [2.24, 2.45) is 0 Å². The molecule has 3 aliphatic heterocycles. The summed E-state index contributed by atoms with van der Waals surface area (Å²) in [6.07, 6.45) is 3.14. The number of ether oxygens (including phenoxy) is 1. The Labute approximate surface area is 188 Å². The molecule has 3 amide bonds. The van der Waals surface area contributed by atoms with Crippen LogP contribution in [0.5, 0.6) is 0 Å². The third kappa shape index (κ3) is 4.65. The van der Waals surface area contributed by atoms with Gasteiger partial charge in [0.1, 0.15) is 11.8 Å². The van der Waals surface area contributed by atoms with E-state index in [9.17, 15) is 19.5 Å². The third-order valence-electron chi connectivity index (χ3n) is 6.13. The predicted molar refractivity (Wildman–Crippen MR) is 119 cm³/mol. The fourth-order valence-corrected chi connectivity index (χ4v) is 4.54. The lowest BCUT2D eigenvalue weighted by Gasteiger charge is -2.35. The van der Waals surface area contributed by atoms with Crippen molar-refractivity contribution in [3.8, 4) is 0 Å². The Morgan fingerprint density at radius 2 is 2.00 bits per heavy atom. The molecule has 1 aromatic rings. The molecule has 1 fully saturated rings. The summed E-state index contributed by atoms with van der Waals surface area (Å²) in [5.41, 5.74) is 3.23. The monoisotopic (exact) mass is 441 g/mol. The standard InChI is InChI=1S/C24H31N3O5/c1-24(2,3)32-23(31)26-11-4-5-15(10-12-26)16-6-7-18-17(13-16)14-27(22(18)30)19-8-9-20(28)25-21(19)29/h6-7,10,13,19,21,29H,4-5,8-9,11-12,14H2,1-3H3,(H,25,28). The van der Waals surface area contributed by atoms with Crippen LogP contribution >= 0.6 is 0 Å². The number of nitrogens with zero attached hydrogens (tertiary/aromatic N) is 2. The van der Waals surface area contributed by atoms with Crippen LogP contribution in [-0.2, 0) is 16.1 Å². The minimum Gasteiger partial charge on any atom is -0.444 e. The van der Waals surface area contributed by atoms with E-state index in [-0.39, 0.29) is 17.9 Å². The van der Waals surface area contributed by atoms with Gasteiger partial charge < -0.3 is 25.0 Å². The lowest BCUT2D eigenvalue weighted by atomic mass is 9.97. The van der Waals surface area contributed by atoms with Crippen molar-refractivity contribution in [3.63, 3.8) is 0 Å². The van der Waals surface area contributed by atoms with E-state index in [4.69, 9.17) is 4.74 Å². The quantitative estimate of drug-likeness (QED) is 0.735. The Kier molecular flexibility index (Phi) is 5.99. The molecule has 0 aliphatic carbocycles. The van der Waals surface area contributed by atoms with Crippen molar-refractivity contribution in [2.75, 3.05) is 13.1 Å². The van der Waals surface area contributed by atoms with Gasteiger partial charge in [0.2, 0.25) is 5.91 Å². The van der Waals surface area contributed by atoms with Gasteiger partial charge in [-0.2, -0.15) is 0 Å². The maximum Gasteiger partial charge on any atom is 0.410 e. The molecule has 8 heteroatoms. The average molecular weight is 442 g/mol. The van der Waals surface area contributed by atoms with Gasteiger partial charge in [0.25, 0.3) is 5.91 Å². The summed E-state index contributed by atoms with van der Waals surface area (Å²) in [4.78, 5) is 40.2.